The molecule has 0 aliphatic heterocycles. The largest absolute Gasteiger partial charge is 0.494 e. The Morgan fingerprint density at radius 1 is 1.29 bits per heavy atom. The first-order chi connectivity index (χ1) is 9.94. The molecule has 2 aromatic heterocycles. The van der Waals surface area contributed by atoms with Crippen LogP contribution in [0.2, 0.25) is 0 Å². The van der Waals surface area contributed by atoms with Gasteiger partial charge in [-0.1, -0.05) is 0 Å². The van der Waals surface area contributed by atoms with Crippen LogP contribution in [0.1, 0.15) is 16.1 Å². The van der Waals surface area contributed by atoms with Crippen LogP contribution in [0, 0.1) is 0 Å². The van der Waals surface area contributed by atoms with Gasteiger partial charge in [0.2, 0.25) is 0 Å². The SMILES string of the molecule is O=C(O)Cc1ccc(NC(=O)c2cc(O)[nH]c(=O)c2)cn1. The molecule has 2 rings (SSSR count). The quantitative estimate of drug-likeness (QED) is 0.642. The smallest absolute Gasteiger partial charge is 0.309 e. The third-order valence-electron chi connectivity index (χ3n) is 2.51. The predicted octanol–water partition coefficient (Wildman–Crippen LogP) is 0.355. The lowest BCUT2D eigenvalue weighted by atomic mass is 10.2. The summed E-state index contributed by atoms with van der Waals surface area (Å²) in [6.07, 6.45) is 1.10. The van der Waals surface area contributed by atoms with Gasteiger partial charge in [-0.2, -0.15) is 0 Å². The number of aromatic amines is 1. The second kappa shape index (κ2) is 5.87. The lowest BCUT2D eigenvalue weighted by Crippen LogP contribution is -2.16. The molecule has 0 fully saturated rings. The zero-order valence-corrected chi connectivity index (χ0v) is 10.7. The molecule has 0 atom stereocenters. The first-order valence-corrected chi connectivity index (χ1v) is 5.85. The second-order valence-corrected chi connectivity index (χ2v) is 4.18. The molecule has 1 amide bonds. The van der Waals surface area contributed by atoms with Gasteiger partial charge in [0.25, 0.3) is 11.5 Å². The minimum absolute atomic E-state index is 0.00846. The molecule has 0 aliphatic carbocycles. The highest BCUT2D eigenvalue weighted by Gasteiger charge is 2.09. The summed E-state index contributed by atoms with van der Waals surface area (Å²) in [6.45, 7) is 0. The summed E-state index contributed by atoms with van der Waals surface area (Å²) >= 11 is 0. The monoisotopic (exact) mass is 289 g/mol. The summed E-state index contributed by atoms with van der Waals surface area (Å²) in [5.41, 5.74) is 0.0872. The maximum absolute atomic E-state index is 11.9. The fraction of sp³-hybridized carbons (Fsp3) is 0.0769. The second-order valence-electron chi connectivity index (χ2n) is 4.18. The van der Waals surface area contributed by atoms with Crippen molar-refractivity contribution in [3.05, 3.63) is 52.1 Å². The molecule has 0 unspecified atom stereocenters. The number of H-pyrrole nitrogens is 1. The van der Waals surface area contributed by atoms with Gasteiger partial charge in [-0.25, -0.2) is 0 Å². The van der Waals surface area contributed by atoms with E-state index in [1.165, 1.54) is 18.3 Å². The summed E-state index contributed by atoms with van der Waals surface area (Å²) in [5, 5.41) is 20.3. The summed E-state index contributed by atoms with van der Waals surface area (Å²) in [7, 11) is 0. The minimum Gasteiger partial charge on any atom is -0.494 e. The number of rotatable bonds is 4. The Balaban J connectivity index is 2.12. The fourth-order valence-corrected chi connectivity index (χ4v) is 1.62. The number of aromatic nitrogens is 2. The molecule has 0 saturated carbocycles. The molecule has 2 heterocycles. The minimum atomic E-state index is -1.00. The first-order valence-electron chi connectivity index (χ1n) is 5.85. The highest BCUT2D eigenvalue weighted by Crippen LogP contribution is 2.10. The van der Waals surface area contributed by atoms with Crippen LogP contribution >= 0.6 is 0 Å². The molecule has 4 N–H and O–H groups in total. The molecule has 0 radical (unpaired) electrons. The molecular formula is C13H11N3O5. The Morgan fingerprint density at radius 3 is 2.62 bits per heavy atom. The number of aliphatic carboxylic acids is 1. The number of carboxylic acid groups (broad SMARTS) is 1. The molecule has 0 aromatic carbocycles. The zero-order valence-electron chi connectivity index (χ0n) is 10.7. The molecule has 2 aromatic rings. The topological polar surface area (TPSA) is 132 Å². The standard InChI is InChI=1S/C13H11N3O5/c17-10-3-7(4-11(18)16-10)13(21)15-9-2-1-8(14-6-9)5-12(19)20/h1-4,6H,5H2,(H,15,21)(H,19,20)(H2,16,17,18). The highest BCUT2D eigenvalue weighted by molar-refractivity contribution is 6.04. The number of anilines is 1. The number of carbonyl (C=O) groups is 2. The van der Waals surface area contributed by atoms with E-state index in [-0.39, 0.29) is 12.0 Å². The number of hydrogen-bond acceptors (Lipinski definition) is 5. The summed E-state index contributed by atoms with van der Waals surface area (Å²) in [5.74, 6) is -2.01. The maximum atomic E-state index is 11.9. The molecule has 0 bridgehead atoms. The predicted molar refractivity (Wildman–Crippen MR) is 72.3 cm³/mol. The van der Waals surface area contributed by atoms with Gasteiger partial charge in [0, 0.05) is 12.1 Å². The highest BCUT2D eigenvalue weighted by atomic mass is 16.4. The third kappa shape index (κ3) is 3.90. The average molecular weight is 289 g/mol. The summed E-state index contributed by atoms with van der Waals surface area (Å²) < 4.78 is 0. The van der Waals surface area contributed by atoms with Crippen molar-refractivity contribution in [1.82, 2.24) is 9.97 Å². The van der Waals surface area contributed by atoms with E-state index >= 15 is 0 Å². The number of pyridine rings is 2. The van der Waals surface area contributed by atoms with Crippen molar-refractivity contribution >= 4 is 17.6 Å². The van der Waals surface area contributed by atoms with Gasteiger partial charge >= 0.3 is 5.97 Å². The summed E-state index contributed by atoms with van der Waals surface area (Å²) in [4.78, 5) is 39.5. The van der Waals surface area contributed by atoms with E-state index < -0.39 is 23.3 Å². The van der Waals surface area contributed by atoms with E-state index in [1.54, 1.807) is 0 Å². The molecule has 0 saturated heterocycles. The van der Waals surface area contributed by atoms with Crippen LogP contribution in [0.5, 0.6) is 5.88 Å². The van der Waals surface area contributed by atoms with Gasteiger partial charge in [0.1, 0.15) is 0 Å². The number of amides is 1. The van der Waals surface area contributed by atoms with E-state index in [0.717, 1.165) is 12.1 Å². The average Bonchev–Trinajstić information content (AvgIpc) is 2.39. The van der Waals surface area contributed by atoms with Gasteiger partial charge in [-0.3, -0.25) is 24.4 Å². The van der Waals surface area contributed by atoms with Crippen molar-refractivity contribution in [2.75, 3.05) is 5.32 Å². The van der Waals surface area contributed by atoms with Crippen LogP contribution in [0.4, 0.5) is 5.69 Å². The van der Waals surface area contributed by atoms with Crippen LogP contribution < -0.4 is 10.9 Å². The number of aromatic hydroxyl groups is 1. The van der Waals surface area contributed by atoms with Crippen LogP contribution in [0.15, 0.2) is 35.3 Å². The van der Waals surface area contributed by atoms with E-state index in [2.05, 4.69) is 15.3 Å². The van der Waals surface area contributed by atoms with Gasteiger partial charge in [0.15, 0.2) is 5.88 Å². The maximum Gasteiger partial charge on any atom is 0.309 e. The number of carbonyl (C=O) groups excluding carboxylic acids is 1. The normalized spacial score (nSPS) is 10.1. The Bertz CT molecular complexity index is 736. The van der Waals surface area contributed by atoms with E-state index in [1.807, 2.05) is 0 Å². The van der Waals surface area contributed by atoms with Crippen molar-refractivity contribution in [2.45, 2.75) is 6.42 Å². The van der Waals surface area contributed by atoms with Gasteiger partial charge in [0.05, 0.1) is 29.6 Å². The lowest BCUT2D eigenvalue weighted by Gasteiger charge is -2.05. The van der Waals surface area contributed by atoms with Gasteiger partial charge < -0.3 is 15.5 Å². The van der Waals surface area contributed by atoms with E-state index in [0.29, 0.717) is 11.4 Å². The van der Waals surface area contributed by atoms with E-state index in [9.17, 15) is 19.5 Å². The van der Waals surface area contributed by atoms with Gasteiger partial charge in [-0.15, -0.1) is 0 Å². The van der Waals surface area contributed by atoms with Crippen molar-refractivity contribution in [3.63, 3.8) is 0 Å². The Kier molecular flexibility index (Phi) is 3.98. The van der Waals surface area contributed by atoms with Gasteiger partial charge in [-0.05, 0) is 12.1 Å². The first kappa shape index (κ1) is 14.3. The molecule has 8 nitrogen and oxygen atoms in total. The van der Waals surface area contributed by atoms with Crippen LogP contribution in [-0.2, 0) is 11.2 Å². The van der Waals surface area contributed by atoms with Crippen LogP contribution in [0.25, 0.3) is 0 Å². The fourth-order valence-electron chi connectivity index (χ4n) is 1.62. The summed E-state index contributed by atoms with van der Waals surface area (Å²) in [6, 6.07) is 5.12. The number of nitrogens with zero attached hydrogens (tertiary/aromatic N) is 1. The molecule has 108 valence electrons. The van der Waals surface area contributed by atoms with Crippen molar-refractivity contribution in [3.8, 4) is 5.88 Å². The van der Waals surface area contributed by atoms with Crippen LogP contribution in [-0.4, -0.2) is 32.1 Å². The molecule has 0 spiro atoms. The van der Waals surface area contributed by atoms with Crippen LogP contribution in [0.3, 0.4) is 0 Å². The Morgan fingerprint density at radius 2 is 2.05 bits per heavy atom. The van der Waals surface area contributed by atoms with E-state index in [4.69, 9.17) is 5.11 Å². The van der Waals surface area contributed by atoms with Crippen molar-refractivity contribution in [1.29, 1.82) is 0 Å². The number of carboxylic acids is 1. The van der Waals surface area contributed by atoms with Crippen molar-refractivity contribution in [2.24, 2.45) is 0 Å². The van der Waals surface area contributed by atoms with Crippen molar-refractivity contribution < 1.29 is 19.8 Å². The number of hydrogen-bond donors (Lipinski definition) is 4. The lowest BCUT2D eigenvalue weighted by molar-refractivity contribution is -0.136. The Labute approximate surface area is 118 Å². The number of nitrogens with one attached hydrogen (secondary N) is 2. The third-order valence-corrected chi connectivity index (χ3v) is 2.51. The molecule has 21 heavy (non-hydrogen) atoms. The Hall–Kier alpha value is -3.16. The molecular weight excluding hydrogens is 278 g/mol. The molecule has 0 aliphatic rings. The molecule has 8 heteroatoms. The zero-order chi connectivity index (χ0) is 15.4.